The molecule has 9 nitrogen and oxygen atoms in total. The van der Waals surface area contributed by atoms with Gasteiger partial charge in [-0.1, -0.05) is 46.8 Å². The van der Waals surface area contributed by atoms with Gasteiger partial charge < -0.3 is 30.5 Å². The number of thiazole rings is 1. The molecule has 2 aliphatic rings. The van der Waals surface area contributed by atoms with Crippen molar-refractivity contribution in [2.75, 3.05) is 33.4 Å². The van der Waals surface area contributed by atoms with Gasteiger partial charge in [-0.05, 0) is 62.7 Å². The van der Waals surface area contributed by atoms with E-state index in [4.69, 9.17) is 9.84 Å². The van der Waals surface area contributed by atoms with Crippen LogP contribution in [-0.2, 0) is 16.1 Å². The zero-order valence-corrected chi connectivity index (χ0v) is 27.3. The van der Waals surface area contributed by atoms with Crippen molar-refractivity contribution >= 4 is 23.2 Å². The van der Waals surface area contributed by atoms with E-state index in [1.165, 1.54) is 12.8 Å². The Morgan fingerprint density at radius 1 is 1.19 bits per heavy atom. The first-order valence-electron chi connectivity index (χ1n) is 15.3. The highest BCUT2D eigenvalue weighted by molar-refractivity contribution is 7.13. The fourth-order valence-corrected chi connectivity index (χ4v) is 6.02. The first-order valence-corrected chi connectivity index (χ1v) is 16.2. The van der Waals surface area contributed by atoms with Crippen LogP contribution in [0.5, 0.6) is 5.75 Å². The van der Waals surface area contributed by atoms with Crippen LogP contribution in [0.15, 0.2) is 23.7 Å². The van der Waals surface area contributed by atoms with Gasteiger partial charge in [0.2, 0.25) is 11.8 Å². The highest BCUT2D eigenvalue weighted by atomic mass is 32.1. The number of benzene rings is 1. The summed E-state index contributed by atoms with van der Waals surface area (Å²) in [6, 6.07) is 5.43. The van der Waals surface area contributed by atoms with Crippen LogP contribution in [-0.4, -0.2) is 77.4 Å². The second-order valence-corrected chi connectivity index (χ2v) is 11.9. The second-order valence-electron chi connectivity index (χ2n) is 11.1. The lowest BCUT2D eigenvalue weighted by atomic mass is 9.95. The highest BCUT2D eigenvalue weighted by Crippen LogP contribution is 2.32. The maximum Gasteiger partial charge on any atom is 0.243 e. The minimum absolute atomic E-state index is 0.0806. The number of carbonyl (C=O) groups excluding carboxylic acids is 2. The fraction of sp³-hybridized carbons (Fsp3) is 0.656. The van der Waals surface area contributed by atoms with Gasteiger partial charge in [-0.25, -0.2) is 4.98 Å². The Balaban J connectivity index is 0.00000148. The molecule has 3 unspecified atom stereocenters. The van der Waals surface area contributed by atoms with Gasteiger partial charge in [-0.15, -0.1) is 11.3 Å². The van der Waals surface area contributed by atoms with E-state index in [-0.39, 0.29) is 43.2 Å². The van der Waals surface area contributed by atoms with Crippen LogP contribution >= 0.6 is 11.3 Å². The monoisotopic (exact) mass is 604 g/mol. The molecule has 0 spiro atoms. The number of hydrogen-bond acceptors (Lipinski definition) is 8. The van der Waals surface area contributed by atoms with Gasteiger partial charge in [0.15, 0.2) is 0 Å². The molecule has 3 atom stereocenters. The van der Waals surface area contributed by atoms with Crippen molar-refractivity contribution in [2.24, 2.45) is 17.8 Å². The number of aliphatic hydroxyl groups is 2. The van der Waals surface area contributed by atoms with Gasteiger partial charge in [-0.2, -0.15) is 0 Å². The molecule has 2 fully saturated rings. The van der Waals surface area contributed by atoms with Crippen LogP contribution < -0.4 is 15.4 Å². The summed E-state index contributed by atoms with van der Waals surface area (Å²) in [5.74, 6) is 1.05. The van der Waals surface area contributed by atoms with Crippen LogP contribution in [0.1, 0.15) is 71.6 Å². The number of carbonyl (C=O) groups is 2. The lowest BCUT2D eigenvalue weighted by Gasteiger charge is -2.28. The van der Waals surface area contributed by atoms with Gasteiger partial charge in [0.1, 0.15) is 11.8 Å². The molecule has 2 amide bonds. The lowest BCUT2D eigenvalue weighted by Crippen LogP contribution is -2.48. The molecular weight excluding hydrogens is 552 g/mol. The van der Waals surface area contributed by atoms with E-state index in [0.29, 0.717) is 12.5 Å². The summed E-state index contributed by atoms with van der Waals surface area (Å²) in [4.78, 5) is 33.3. The van der Waals surface area contributed by atoms with E-state index in [2.05, 4.69) is 15.6 Å². The first-order chi connectivity index (χ1) is 20.2. The van der Waals surface area contributed by atoms with Crippen molar-refractivity contribution in [1.29, 1.82) is 0 Å². The number of aryl methyl sites for hydroxylation is 1. The quantitative estimate of drug-likeness (QED) is 0.317. The standard InChI is InChI=1S/C29H42N4O4S.C2H6.CH4O/c1-18(2)19(3)29(36)33-16-24(34)14-25(33)28(35)31-15-23-6-5-22(27-20(4)32-17-38-27)13-26(23)37-12-9-21-7-10-30-11-8-21;2*1-2/h5-6,13,17-19,21,24-25,30,34H,7-12,14-16H2,1-4H3,(H,31,35);1-2H3;2H,1H3. The second kappa shape index (κ2) is 18.2. The zero-order chi connectivity index (χ0) is 31.2. The van der Waals surface area contributed by atoms with Crippen LogP contribution in [0.2, 0.25) is 0 Å². The van der Waals surface area contributed by atoms with E-state index >= 15 is 0 Å². The Morgan fingerprint density at radius 2 is 1.88 bits per heavy atom. The van der Waals surface area contributed by atoms with Crippen LogP contribution in [0.4, 0.5) is 0 Å². The smallest absolute Gasteiger partial charge is 0.243 e. The number of rotatable bonds is 10. The molecule has 0 saturated carbocycles. The molecule has 2 aromatic rings. The molecule has 10 heteroatoms. The third kappa shape index (κ3) is 9.76. The average Bonchev–Trinajstić information content (AvgIpc) is 3.63. The predicted octanol–water partition coefficient (Wildman–Crippen LogP) is 4.39. The minimum Gasteiger partial charge on any atom is -0.493 e. The Labute approximate surface area is 256 Å². The third-order valence-electron chi connectivity index (χ3n) is 8.02. The summed E-state index contributed by atoms with van der Waals surface area (Å²) in [5, 5.41) is 23.7. The Kier molecular flexibility index (Phi) is 15.5. The summed E-state index contributed by atoms with van der Waals surface area (Å²) in [7, 11) is 1.00. The molecule has 42 heavy (non-hydrogen) atoms. The molecule has 4 rings (SSSR count). The number of nitrogens with zero attached hydrogens (tertiary/aromatic N) is 2. The number of β-amino-alcohol motifs (C(OH)–C–C–N with tert-alkyl or cyclic N) is 1. The fourth-order valence-electron chi connectivity index (χ4n) is 5.21. The topological polar surface area (TPSA) is 124 Å². The number of likely N-dealkylation sites (tertiary alicyclic amines) is 1. The molecule has 4 N–H and O–H groups in total. The van der Waals surface area contributed by atoms with Crippen molar-refractivity contribution in [3.8, 4) is 16.2 Å². The molecule has 0 bridgehead atoms. The molecule has 236 valence electrons. The number of ether oxygens (including phenoxy) is 1. The molecule has 2 saturated heterocycles. The van der Waals surface area contributed by atoms with E-state index in [1.54, 1.807) is 16.2 Å². The largest absolute Gasteiger partial charge is 0.493 e. The SMILES string of the molecule is CC.CO.Cc1ncsc1-c1ccc(CNC(=O)C2CC(O)CN2C(=O)C(C)C(C)C)c(OCCC2CCNCC2)c1. The summed E-state index contributed by atoms with van der Waals surface area (Å²) in [5.41, 5.74) is 4.77. The van der Waals surface area contributed by atoms with Crippen molar-refractivity contribution in [2.45, 2.75) is 85.9 Å². The lowest BCUT2D eigenvalue weighted by molar-refractivity contribution is -0.142. The Hall–Kier alpha value is -2.53. The number of aromatic nitrogens is 1. The Morgan fingerprint density at radius 3 is 2.50 bits per heavy atom. The summed E-state index contributed by atoms with van der Waals surface area (Å²) in [6.45, 7) is 15.1. The number of amides is 2. The third-order valence-corrected chi connectivity index (χ3v) is 9.00. The minimum atomic E-state index is -0.690. The molecular formula is C32H52N4O5S. The van der Waals surface area contributed by atoms with Crippen molar-refractivity contribution < 1.29 is 24.5 Å². The summed E-state index contributed by atoms with van der Waals surface area (Å²) in [6.07, 6.45) is 2.91. The van der Waals surface area contributed by atoms with Gasteiger partial charge in [0.25, 0.3) is 0 Å². The number of aliphatic hydroxyl groups excluding tert-OH is 2. The van der Waals surface area contributed by atoms with Crippen LogP contribution in [0, 0.1) is 24.7 Å². The summed E-state index contributed by atoms with van der Waals surface area (Å²) >= 11 is 1.60. The van der Waals surface area contributed by atoms with Crippen molar-refractivity contribution in [3.05, 3.63) is 35.0 Å². The molecule has 0 aliphatic carbocycles. The average molecular weight is 605 g/mol. The molecule has 3 heterocycles. The van der Waals surface area contributed by atoms with Crippen LogP contribution in [0.25, 0.3) is 10.4 Å². The van der Waals surface area contributed by atoms with Gasteiger partial charge in [0.05, 0.1) is 28.8 Å². The van der Waals surface area contributed by atoms with E-state index in [1.807, 2.05) is 65.3 Å². The maximum absolute atomic E-state index is 13.2. The molecule has 0 radical (unpaired) electrons. The highest BCUT2D eigenvalue weighted by Gasteiger charge is 2.40. The van der Waals surface area contributed by atoms with E-state index in [9.17, 15) is 14.7 Å². The number of hydrogen-bond donors (Lipinski definition) is 4. The van der Waals surface area contributed by atoms with Gasteiger partial charge in [-0.3, -0.25) is 9.59 Å². The van der Waals surface area contributed by atoms with E-state index in [0.717, 1.165) is 54.1 Å². The van der Waals surface area contributed by atoms with Crippen molar-refractivity contribution in [1.82, 2.24) is 20.5 Å². The maximum atomic E-state index is 13.2. The first kappa shape index (κ1) is 35.7. The van der Waals surface area contributed by atoms with Crippen molar-refractivity contribution in [3.63, 3.8) is 0 Å². The summed E-state index contributed by atoms with van der Waals surface area (Å²) < 4.78 is 6.32. The normalized spacial score (nSPS) is 19.3. The Bertz CT molecular complexity index is 1100. The van der Waals surface area contributed by atoms with Gasteiger partial charge >= 0.3 is 0 Å². The molecule has 1 aromatic heterocycles. The number of nitrogens with one attached hydrogen (secondary N) is 2. The van der Waals surface area contributed by atoms with E-state index < -0.39 is 12.1 Å². The van der Waals surface area contributed by atoms with Gasteiger partial charge in [0, 0.05) is 38.1 Å². The molecule has 1 aromatic carbocycles. The van der Waals surface area contributed by atoms with Crippen LogP contribution in [0.3, 0.4) is 0 Å². The predicted molar refractivity (Wildman–Crippen MR) is 169 cm³/mol. The number of piperidine rings is 1. The zero-order valence-electron chi connectivity index (χ0n) is 26.5. The molecule has 2 aliphatic heterocycles.